The van der Waals surface area contributed by atoms with Crippen LogP contribution in [0.5, 0.6) is 0 Å². The number of carbonyl (C=O) groups is 1. The molecule has 1 N–H and O–H groups in total. The van der Waals surface area contributed by atoms with Crippen molar-refractivity contribution in [3.63, 3.8) is 0 Å². The minimum absolute atomic E-state index is 0.0271. The minimum atomic E-state index is -1.30. The van der Waals surface area contributed by atoms with Gasteiger partial charge in [-0.1, -0.05) is 0 Å². The molecule has 1 aliphatic heterocycles. The summed E-state index contributed by atoms with van der Waals surface area (Å²) in [4.78, 5) is 23.1. The molecule has 8 heteroatoms. The highest BCUT2D eigenvalue weighted by Gasteiger charge is 2.29. The number of nitrogens with zero attached hydrogens (tertiary/aromatic N) is 2. The molecule has 1 aromatic carbocycles. The van der Waals surface area contributed by atoms with Crippen LogP contribution in [0.25, 0.3) is 0 Å². The Morgan fingerprint density at radius 2 is 2.20 bits per heavy atom. The lowest BCUT2D eigenvalue weighted by Gasteiger charge is -2.31. The Balaban J connectivity index is 2.36. The van der Waals surface area contributed by atoms with Crippen molar-refractivity contribution in [1.29, 1.82) is 0 Å². The van der Waals surface area contributed by atoms with Crippen LogP contribution in [0.1, 0.15) is 17.3 Å². The van der Waals surface area contributed by atoms with Gasteiger partial charge in [-0.2, -0.15) is 4.39 Å². The van der Waals surface area contributed by atoms with Gasteiger partial charge in [0.05, 0.1) is 16.6 Å². The smallest absolute Gasteiger partial charge is 0.308 e. The van der Waals surface area contributed by atoms with Gasteiger partial charge in [0.25, 0.3) is 5.91 Å². The summed E-state index contributed by atoms with van der Waals surface area (Å²) in [5, 5.41) is 13.7. The standard InChI is InChI=1S/C12H13F2N3O3/c1-7-6-16(3-2-15-7)12(18)9-4-8(13)5-10(11(9)14)17(19)20/h4-5,7,15H,2-3,6H2,1H3/t7-/m0/s1. The maximum Gasteiger partial charge on any atom is 0.308 e. The van der Waals surface area contributed by atoms with Crippen LogP contribution in [0.15, 0.2) is 12.1 Å². The van der Waals surface area contributed by atoms with E-state index in [0.29, 0.717) is 31.8 Å². The number of nitro groups is 1. The number of hydrogen-bond acceptors (Lipinski definition) is 4. The molecule has 1 saturated heterocycles. The molecule has 1 aromatic rings. The molecular formula is C12H13F2N3O3. The summed E-state index contributed by atoms with van der Waals surface area (Å²) >= 11 is 0. The van der Waals surface area contributed by atoms with Crippen molar-refractivity contribution >= 4 is 11.6 Å². The van der Waals surface area contributed by atoms with Crippen molar-refractivity contribution < 1.29 is 18.5 Å². The van der Waals surface area contributed by atoms with Crippen molar-refractivity contribution in [3.05, 3.63) is 39.4 Å². The van der Waals surface area contributed by atoms with E-state index in [1.54, 1.807) is 0 Å². The number of nitro benzene ring substituents is 1. The summed E-state index contributed by atoms with van der Waals surface area (Å²) in [6.45, 7) is 3.06. The van der Waals surface area contributed by atoms with Crippen molar-refractivity contribution in [1.82, 2.24) is 10.2 Å². The van der Waals surface area contributed by atoms with Gasteiger partial charge in [-0.3, -0.25) is 14.9 Å². The fourth-order valence-corrected chi connectivity index (χ4v) is 2.15. The van der Waals surface area contributed by atoms with Crippen LogP contribution in [0, 0.1) is 21.7 Å². The average molecular weight is 285 g/mol. The highest BCUT2D eigenvalue weighted by molar-refractivity contribution is 5.95. The summed E-state index contributed by atoms with van der Waals surface area (Å²) in [5.74, 6) is -3.05. The van der Waals surface area contributed by atoms with Gasteiger partial charge in [0.15, 0.2) is 0 Å². The topological polar surface area (TPSA) is 75.5 Å². The molecule has 0 saturated carbocycles. The molecule has 0 bridgehead atoms. The number of hydrogen-bond donors (Lipinski definition) is 1. The first kappa shape index (κ1) is 14.3. The van der Waals surface area contributed by atoms with Gasteiger partial charge < -0.3 is 10.2 Å². The molecule has 20 heavy (non-hydrogen) atoms. The van der Waals surface area contributed by atoms with Crippen molar-refractivity contribution in [3.8, 4) is 0 Å². The molecule has 0 aromatic heterocycles. The Morgan fingerprint density at radius 3 is 2.80 bits per heavy atom. The quantitative estimate of drug-likeness (QED) is 0.656. The zero-order valence-electron chi connectivity index (χ0n) is 10.7. The fraction of sp³-hybridized carbons (Fsp3) is 0.417. The third-order valence-electron chi connectivity index (χ3n) is 3.10. The average Bonchev–Trinajstić information content (AvgIpc) is 2.40. The van der Waals surface area contributed by atoms with E-state index in [1.165, 1.54) is 4.90 Å². The zero-order valence-corrected chi connectivity index (χ0v) is 10.7. The molecule has 0 unspecified atom stereocenters. The van der Waals surface area contributed by atoms with Crippen LogP contribution in [-0.4, -0.2) is 41.4 Å². The van der Waals surface area contributed by atoms with Gasteiger partial charge in [0.2, 0.25) is 5.82 Å². The lowest BCUT2D eigenvalue weighted by molar-refractivity contribution is -0.387. The number of benzene rings is 1. The first-order valence-corrected chi connectivity index (χ1v) is 6.06. The number of nitrogens with one attached hydrogen (secondary N) is 1. The minimum Gasteiger partial charge on any atom is -0.336 e. The van der Waals surface area contributed by atoms with Crippen LogP contribution in [0.3, 0.4) is 0 Å². The first-order valence-electron chi connectivity index (χ1n) is 6.06. The summed E-state index contributed by atoms with van der Waals surface area (Å²) < 4.78 is 27.3. The predicted octanol–water partition coefficient (Wildman–Crippen LogP) is 1.31. The molecule has 108 valence electrons. The zero-order chi connectivity index (χ0) is 14.9. The van der Waals surface area contributed by atoms with Gasteiger partial charge in [-0.05, 0) is 13.0 Å². The Labute approximate surface area is 113 Å². The van der Waals surface area contributed by atoms with Crippen LogP contribution in [-0.2, 0) is 0 Å². The van der Waals surface area contributed by atoms with Crippen LogP contribution in [0.2, 0.25) is 0 Å². The Bertz CT molecular complexity index is 565. The van der Waals surface area contributed by atoms with Crippen LogP contribution in [0.4, 0.5) is 14.5 Å². The molecule has 0 spiro atoms. The molecule has 1 aliphatic rings. The van der Waals surface area contributed by atoms with E-state index in [4.69, 9.17) is 0 Å². The summed E-state index contributed by atoms with van der Waals surface area (Å²) in [6.07, 6.45) is 0. The van der Waals surface area contributed by atoms with Crippen molar-refractivity contribution in [2.24, 2.45) is 0 Å². The SMILES string of the molecule is C[C@H]1CN(C(=O)c2cc(F)cc([N+](=O)[O-])c2F)CCN1. The second-order valence-corrected chi connectivity index (χ2v) is 4.65. The largest absolute Gasteiger partial charge is 0.336 e. The summed E-state index contributed by atoms with van der Waals surface area (Å²) in [5.41, 5.74) is -1.64. The van der Waals surface area contributed by atoms with E-state index >= 15 is 0 Å². The maximum atomic E-state index is 13.9. The molecule has 0 radical (unpaired) electrons. The summed E-state index contributed by atoms with van der Waals surface area (Å²) in [7, 11) is 0. The number of rotatable bonds is 2. The third-order valence-corrected chi connectivity index (χ3v) is 3.10. The molecule has 6 nitrogen and oxygen atoms in total. The Hall–Kier alpha value is -2.09. The second kappa shape index (κ2) is 5.49. The Morgan fingerprint density at radius 1 is 1.50 bits per heavy atom. The highest BCUT2D eigenvalue weighted by Crippen LogP contribution is 2.23. The van der Waals surface area contributed by atoms with Gasteiger partial charge in [-0.25, -0.2) is 4.39 Å². The van der Waals surface area contributed by atoms with E-state index in [-0.39, 0.29) is 6.04 Å². The van der Waals surface area contributed by atoms with E-state index in [2.05, 4.69) is 5.32 Å². The van der Waals surface area contributed by atoms with Gasteiger partial charge in [0.1, 0.15) is 5.82 Å². The van der Waals surface area contributed by atoms with E-state index < -0.39 is 33.7 Å². The lowest BCUT2D eigenvalue weighted by Crippen LogP contribution is -2.51. The monoisotopic (exact) mass is 285 g/mol. The molecule has 1 fully saturated rings. The highest BCUT2D eigenvalue weighted by atomic mass is 19.1. The molecule has 0 aliphatic carbocycles. The first-order chi connectivity index (χ1) is 9.40. The van der Waals surface area contributed by atoms with Gasteiger partial charge in [-0.15, -0.1) is 0 Å². The fourth-order valence-electron chi connectivity index (χ4n) is 2.15. The van der Waals surface area contributed by atoms with Crippen LogP contribution < -0.4 is 5.32 Å². The normalized spacial score (nSPS) is 18.9. The van der Waals surface area contributed by atoms with Gasteiger partial charge >= 0.3 is 5.69 Å². The summed E-state index contributed by atoms with van der Waals surface area (Å²) in [6, 6.07) is 1.18. The number of halogens is 2. The van der Waals surface area contributed by atoms with Crippen molar-refractivity contribution in [2.75, 3.05) is 19.6 Å². The number of carbonyl (C=O) groups excluding carboxylic acids is 1. The number of amides is 1. The lowest BCUT2D eigenvalue weighted by atomic mass is 10.1. The molecule has 1 amide bonds. The van der Waals surface area contributed by atoms with E-state index in [0.717, 1.165) is 0 Å². The van der Waals surface area contributed by atoms with Crippen LogP contribution >= 0.6 is 0 Å². The molecule has 2 rings (SSSR count). The van der Waals surface area contributed by atoms with Crippen molar-refractivity contribution in [2.45, 2.75) is 13.0 Å². The molecule has 1 heterocycles. The van der Waals surface area contributed by atoms with Gasteiger partial charge in [0, 0.05) is 25.7 Å². The van der Waals surface area contributed by atoms with E-state index in [9.17, 15) is 23.7 Å². The molecule has 1 atom stereocenters. The maximum absolute atomic E-state index is 13.9. The third kappa shape index (κ3) is 2.74. The predicted molar refractivity (Wildman–Crippen MR) is 66.4 cm³/mol. The van der Waals surface area contributed by atoms with E-state index in [1.807, 2.05) is 6.92 Å². The number of piperazine rings is 1. The molecular weight excluding hydrogens is 272 g/mol. The second-order valence-electron chi connectivity index (χ2n) is 4.65. The Kier molecular flexibility index (Phi) is 3.93.